The number of carboxylic acid groups (broad SMARTS) is 1. The summed E-state index contributed by atoms with van der Waals surface area (Å²) in [6.45, 7) is 3.88. The number of carboxylic acids is 1. The zero-order chi connectivity index (χ0) is 25.4. The van der Waals surface area contributed by atoms with Crippen LogP contribution in [-0.4, -0.2) is 64.6 Å². The number of rotatable bonds is 12. The summed E-state index contributed by atoms with van der Waals surface area (Å²) >= 11 is 12.0. The second kappa shape index (κ2) is 12.7. The van der Waals surface area contributed by atoms with E-state index in [1.54, 1.807) is 18.2 Å². The molecule has 9 nitrogen and oxygen atoms in total. The summed E-state index contributed by atoms with van der Waals surface area (Å²) in [6.07, 6.45) is 1.90. The molecule has 1 unspecified atom stereocenters. The standard InChI is InChI=1S/C24H28Cl2N4O5/c1-2-4-20(35-24-19(26)10-17(25)12-28-24)23(34)27-11-15-5-3-6-16(9-15)22(33)29-18-13-30(14-18)8-7-21(31)32/h3,5-6,9-10,12,18,20H,2,4,7-8,11,13-14H2,1H3,(H,27,34)(H,29,33)(H,31,32). The highest BCUT2D eigenvalue weighted by atomic mass is 35.5. The highest BCUT2D eigenvalue weighted by Crippen LogP contribution is 2.26. The lowest BCUT2D eigenvalue weighted by atomic mass is 10.1. The fraction of sp³-hybridized carbons (Fsp3) is 0.417. The number of carbonyl (C=O) groups excluding carboxylic acids is 2. The lowest BCUT2D eigenvalue weighted by Crippen LogP contribution is -2.59. The number of hydrogen-bond acceptors (Lipinski definition) is 6. The van der Waals surface area contributed by atoms with Crippen LogP contribution in [-0.2, 0) is 16.1 Å². The molecule has 3 rings (SSSR count). The maximum absolute atomic E-state index is 12.8. The van der Waals surface area contributed by atoms with Gasteiger partial charge < -0.3 is 20.5 Å². The zero-order valence-corrected chi connectivity index (χ0v) is 20.8. The van der Waals surface area contributed by atoms with Gasteiger partial charge >= 0.3 is 5.97 Å². The highest BCUT2D eigenvalue weighted by molar-refractivity contribution is 6.35. The van der Waals surface area contributed by atoms with Crippen LogP contribution in [0.5, 0.6) is 5.88 Å². The second-order valence-corrected chi connectivity index (χ2v) is 9.17. The number of likely N-dealkylation sites (tertiary alicyclic amines) is 1. The van der Waals surface area contributed by atoms with Crippen LogP contribution >= 0.6 is 23.2 Å². The van der Waals surface area contributed by atoms with Crippen LogP contribution in [0.15, 0.2) is 36.5 Å². The molecule has 1 fully saturated rings. The van der Waals surface area contributed by atoms with Crippen molar-refractivity contribution in [2.45, 2.75) is 44.9 Å². The van der Waals surface area contributed by atoms with Crippen molar-refractivity contribution in [1.29, 1.82) is 0 Å². The van der Waals surface area contributed by atoms with Crippen molar-refractivity contribution in [3.63, 3.8) is 0 Å². The third-order valence-corrected chi connectivity index (χ3v) is 5.94. The summed E-state index contributed by atoms with van der Waals surface area (Å²) < 4.78 is 5.74. The number of aromatic nitrogens is 1. The molecule has 1 saturated heterocycles. The molecule has 0 aliphatic carbocycles. The normalized spacial score (nSPS) is 14.6. The fourth-order valence-corrected chi connectivity index (χ4v) is 4.05. The number of hydrogen-bond donors (Lipinski definition) is 3. The quantitative estimate of drug-likeness (QED) is 0.391. The molecule has 1 aromatic carbocycles. The first kappa shape index (κ1) is 26.7. The predicted octanol–water partition coefficient (Wildman–Crippen LogP) is 3.14. The van der Waals surface area contributed by atoms with E-state index in [9.17, 15) is 14.4 Å². The first-order valence-corrected chi connectivity index (χ1v) is 12.1. The molecule has 2 aromatic rings. The Kier molecular flexibility index (Phi) is 9.71. The van der Waals surface area contributed by atoms with E-state index in [4.69, 9.17) is 33.0 Å². The lowest BCUT2D eigenvalue weighted by molar-refractivity contribution is -0.137. The van der Waals surface area contributed by atoms with E-state index in [-0.39, 0.29) is 41.7 Å². The van der Waals surface area contributed by atoms with E-state index in [1.165, 1.54) is 12.3 Å². The Morgan fingerprint density at radius 2 is 2.03 bits per heavy atom. The molecule has 35 heavy (non-hydrogen) atoms. The van der Waals surface area contributed by atoms with Crippen LogP contribution in [0.4, 0.5) is 0 Å². The monoisotopic (exact) mass is 522 g/mol. The van der Waals surface area contributed by atoms with Gasteiger partial charge in [-0.25, -0.2) is 4.98 Å². The van der Waals surface area contributed by atoms with Crippen LogP contribution in [0, 0.1) is 0 Å². The van der Waals surface area contributed by atoms with Gasteiger partial charge in [0, 0.05) is 37.9 Å². The van der Waals surface area contributed by atoms with Gasteiger partial charge in [0.25, 0.3) is 11.8 Å². The molecule has 3 N–H and O–H groups in total. The summed E-state index contributed by atoms with van der Waals surface area (Å²) in [5.74, 6) is -1.22. The van der Waals surface area contributed by atoms with Gasteiger partial charge in [-0.05, 0) is 30.2 Å². The number of carbonyl (C=O) groups is 3. The topological polar surface area (TPSA) is 121 Å². The van der Waals surface area contributed by atoms with Crippen molar-refractivity contribution in [2.24, 2.45) is 0 Å². The molecule has 1 aromatic heterocycles. The molecule has 1 aliphatic rings. The van der Waals surface area contributed by atoms with Crippen LogP contribution in [0.2, 0.25) is 10.0 Å². The van der Waals surface area contributed by atoms with E-state index in [1.807, 2.05) is 17.9 Å². The minimum Gasteiger partial charge on any atom is -0.481 e. The molecular formula is C24H28Cl2N4O5. The van der Waals surface area contributed by atoms with Crippen molar-refractivity contribution < 1.29 is 24.2 Å². The molecule has 0 saturated carbocycles. The van der Waals surface area contributed by atoms with Crippen LogP contribution in [0.1, 0.15) is 42.1 Å². The zero-order valence-electron chi connectivity index (χ0n) is 19.3. The van der Waals surface area contributed by atoms with Crippen LogP contribution in [0.3, 0.4) is 0 Å². The molecule has 1 atom stereocenters. The first-order chi connectivity index (χ1) is 16.7. The SMILES string of the molecule is CCCC(Oc1ncc(Cl)cc1Cl)C(=O)NCc1cccc(C(=O)NC2CN(CCC(=O)O)C2)c1. The Morgan fingerprint density at radius 1 is 1.26 bits per heavy atom. The average molecular weight is 523 g/mol. The number of pyridine rings is 1. The van der Waals surface area contributed by atoms with Crippen molar-refractivity contribution in [2.75, 3.05) is 19.6 Å². The van der Waals surface area contributed by atoms with Crippen molar-refractivity contribution >= 4 is 41.0 Å². The molecule has 0 bridgehead atoms. The van der Waals surface area contributed by atoms with Gasteiger partial charge in [0.2, 0.25) is 5.88 Å². The van der Waals surface area contributed by atoms with Gasteiger partial charge in [0.1, 0.15) is 5.02 Å². The minimum atomic E-state index is -0.834. The highest BCUT2D eigenvalue weighted by Gasteiger charge is 2.28. The molecule has 0 radical (unpaired) electrons. The van der Waals surface area contributed by atoms with Crippen molar-refractivity contribution in [3.8, 4) is 5.88 Å². The molecule has 11 heteroatoms. The Bertz CT molecular complexity index is 1060. The summed E-state index contributed by atoms with van der Waals surface area (Å²) in [5.41, 5.74) is 1.25. The third kappa shape index (κ3) is 8.09. The lowest BCUT2D eigenvalue weighted by Gasteiger charge is -2.39. The molecule has 1 aliphatic heterocycles. The van der Waals surface area contributed by atoms with Crippen molar-refractivity contribution in [1.82, 2.24) is 20.5 Å². The summed E-state index contributed by atoms with van der Waals surface area (Å²) in [5, 5.41) is 15.1. The van der Waals surface area contributed by atoms with E-state index >= 15 is 0 Å². The maximum Gasteiger partial charge on any atom is 0.304 e. The maximum atomic E-state index is 12.8. The number of aliphatic carboxylic acids is 1. The molecule has 2 heterocycles. The van der Waals surface area contributed by atoms with Crippen LogP contribution in [0.25, 0.3) is 0 Å². The molecular weight excluding hydrogens is 495 g/mol. The van der Waals surface area contributed by atoms with E-state index in [0.717, 1.165) is 5.56 Å². The summed E-state index contributed by atoms with van der Waals surface area (Å²) in [6, 6.07) is 8.50. The third-order valence-electron chi connectivity index (χ3n) is 5.46. The molecule has 2 amide bonds. The largest absolute Gasteiger partial charge is 0.481 e. The fourth-order valence-electron chi connectivity index (χ4n) is 3.62. The number of halogens is 2. The predicted molar refractivity (Wildman–Crippen MR) is 132 cm³/mol. The van der Waals surface area contributed by atoms with Gasteiger partial charge in [-0.15, -0.1) is 0 Å². The van der Waals surface area contributed by atoms with E-state index in [0.29, 0.717) is 43.1 Å². The van der Waals surface area contributed by atoms with E-state index < -0.39 is 12.1 Å². The molecule has 0 spiro atoms. The van der Waals surface area contributed by atoms with Gasteiger partial charge in [-0.1, -0.05) is 48.7 Å². The van der Waals surface area contributed by atoms with Gasteiger partial charge in [-0.3, -0.25) is 19.3 Å². The Balaban J connectivity index is 1.51. The first-order valence-electron chi connectivity index (χ1n) is 11.3. The van der Waals surface area contributed by atoms with Gasteiger partial charge in [0.15, 0.2) is 6.10 Å². The Labute approximate surface area is 213 Å². The Morgan fingerprint density at radius 3 is 2.71 bits per heavy atom. The minimum absolute atomic E-state index is 0.0140. The average Bonchev–Trinajstić information content (AvgIpc) is 2.80. The van der Waals surface area contributed by atoms with Gasteiger partial charge in [0.05, 0.1) is 17.5 Å². The van der Waals surface area contributed by atoms with Gasteiger partial charge in [-0.2, -0.15) is 0 Å². The smallest absolute Gasteiger partial charge is 0.304 e. The summed E-state index contributed by atoms with van der Waals surface area (Å²) in [4.78, 5) is 42.1. The Hall–Kier alpha value is -2.88. The number of ether oxygens (including phenoxy) is 1. The van der Waals surface area contributed by atoms with Crippen molar-refractivity contribution in [3.05, 3.63) is 57.7 Å². The number of amides is 2. The number of benzene rings is 1. The van der Waals surface area contributed by atoms with E-state index in [2.05, 4.69) is 15.6 Å². The summed E-state index contributed by atoms with van der Waals surface area (Å²) in [7, 11) is 0. The van der Waals surface area contributed by atoms with Crippen LogP contribution < -0.4 is 15.4 Å². The molecule has 188 valence electrons. The second-order valence-electron chi connectivity index (χ2n) is 8.33. The number of nitrogens with one attached hydrogen (secondary N) is 2. The number of nitrogens with zero attached hydrogens (tertiary/aromatic N) is 2.